The monoisotopic (exact) mass is 640 g/mol. The zero-order valence-corrected chi connectivity index (χ0v) is 27.5. The molecule has 0 spiro atoms. The van der Waals surface area contributed by atoms with Gasteiger partial charge in [0.1, 0.15) is 6.10 Å². The maximum Gasteiger partial charge on any atom is 0.407 e. The minimum Gasteiger partial charge on any atom is -0.446 e. The largest absolute Gasteiger partial charge is 0.446 e. The van der Waals surface area contributed by atoms with E-state index in [9.17, 15) is 4.79 Å². The number of ether oxygens (including phenoxy) is 1. The summed E-state index contributed by atoms with van der Waals surface area (Å²) in [6.07, 6.45) is 8.35. The number of benzene rings is 3. The SMILES string of the molecule is Cc1ccc(Cl)cc1N1CCN(Cc2cn([C@@H](Cc3ccccc3)[C@H](Cc3ccccc3)NC(=O)OC3CCCCC3)nn2)CC1. The van der Waals surface area contributed by atoms with Crippen LogP contribution >= 0.6 is 11.6 Å². The van der Waals surface area contributed by atoms with E-state index in [1.807, 2.05) is 35.0 Å². The Labute approximate surface area is 277 Å². The number of amides is 1. The Hall–Kier alpha value is -3.88. The molecular weight excluding hydrogens is 596 g/mol. The molecule has 1 aliphatic carbocycles. The Kier molecular flexibility index (Phi) is 10.9. The quantitative estimate of drug-likeness (QED) is 0.190. The molecule has 0 bridgehead atoms. The summed E-state index contributed by atoms with van der Waals surface area (Å²) < 4.78 is 7.90. The van der Waals surface area contributed by atoms with Gasteiger partial charge in [-0.05, 0) is 74.3 Å². The molecule has 1 amide bonds. The molecule has 1 N–H and O–H groups in total. The summed E-state index contributed by atoms with van der Waals surface area (Å²) in [4.78, 5) is 18.2. The number of carbonyl (C=O) groups excluding carboxylic acids is 1. The number of halogens is 1. The number of alkyl carbamates (subject to hydrolysis) is 1. The Bertz CT molecular complexity index is 1530. The molecule has 0 unspecified atom stereocenters. The van der Waals surface area contributed by atoms with Crippen molar-refractivity contribution in [1.29, 1.82) is 0 Å². The third-order valence-electron chi connectivity index (χ3n) is 9.35. The van der Waals surface area contributed by atoms with E-state index in [1.165, 1.54) is 23.2 Å². The predicted molar refractivity (Wildman–Crippen MR) is 183 cm³/mol. The molecule has 242 valence electrons. The van der Waals surface area contributed by atoms with Crippen LogP contribution < -0.4 is 10.2 Å². The zero-order chi connectivity index (χ0) is 31.7. The highest BCUT2D eigenvalue weighted by atomic mass is 35.5. The van der Waals surface area contributed by atoms with E-state index in [4.69, 9.17) is 16.3 Å². The van der Waals surface area contributed by atoms with E-state index in [2.05, 4.69) is 87.1 Å². The first kappa shape index (κ1) is 32.1. The lowest BCUT2D eigenvalue weighted by atomic mass is 9.94. The van der Waals surface area contributed by atoms with Crippen LogP contribution in [0.1, 0.15) is 60.5 Å². The molecule has 2 fully saturated rings. The molecular formula is C37H45ClN6O2. The maximum absolute atomic E-state index is 13.3. The van der Waals surface area contributed by atoms with Crippen molar-refractivity contribution >= 4 is 23.4 Å². The summed E-state index contributed by atoms with van der Waals surface area (Å²) in [5.74, 6) is 0. The highest BCUT2D eigenvalue weighted by Crippen LogP contribution is 2.27. The third-order valence-corrected chi connectivity index (χ3v) is 9.58. The molecule has 46 heavy (non-hydrogen) atoms. The van der Waals surface area contributed by atoms with Crippen LogP contribution in [0.15, 0.2) is 85.1 Å². The number of rotatable bonds is 11. The fourth-order valence-electron chi connectivity index (χ4n) is 6.79. The molecule has 2 heterocycles. The smallest absolute Gasteiger partial charge is 0.407 e. The molecule has 4 aromatic rings. The molecule has 1 aromatic heterocycles. The van der Waals surface area contributed by atoms with Gasteiger partial charge in [0.2, 0.25) is 0 Å². The second kappa shape index (κ2) is 15.6. The Morgan fingerprint density at radius 3 is 2.28 bits per heavy atom. The van der Waals surface area contributed by atoms with Crippen molar-refractivity contribution in [3.05, 3.63) is 112 Å². The third kappa shape index (κ3) is 8.68. The number of nitrogens with one attached hydrogen (secondary N) is 1. The van der Waals surface area contributed by atoms with Gasteiger partial charge in [0.25, 0.3) is 0 Å². The second-order valence-corrected chi connectivity index (χ2v) is 13.2. The van der Waals surface area contributed by atoms with Crippen molar-refractivity contribution in [2.24, 2.45) is 0 Å². The lowest BCUT2D eigenvalue weighted by Crippen LogP contribution is -2.46. The van der Waals surface area contributed by atoms with Gasteiger partial charge in [-0.3, -0.25) is 4.90 Å². The summed E-state index contributed by atoms with van der Waals surface area (Å²) in [5.41, 5.74) is 5.70. The Morgan fingerprint density at radius 2 is 1.59 bits per heavy atom. The molecule has 3 aromatic carbocycles. The summed E-state index contributed by atoms with van der Waals surface area (Å²) >= 11 is 6.31. The van der Waals surface area contributed by atoms with E-state index in [1.54, 1.807) is 0 Å². The number of nitrogens with zero attached hydrogens (tertiary/aromatic N) is 5. The molecule has 8 nitrogen and oxygen atoms in total. The van der Waals surface area contributed by atoms with Gasteiger partial charge in [-0.15, -0.1) is 5.10 Å². The molecule has 6 rings (SSSR count). The van der Waals surface area contributed by atoms with Gasteiger partial charge in [-0.2, -0.15) is 0 Å². The van der Waals surface area contributed by atoms with Crippen LogP contribution in [-0.2, 0) is 24.1 Å². The van der Waals surface area contributed by atoms with Gasteiger partial charge < -0.3 is 15.0 Å². The first-order chi connectivity index (χ1) is 22.5. The predicted octanol–water partition coefficient (Wildman–Crippen LogP) is 7.02. The number of hydrogen-bond donors (Lipinski definition) is 1. The average Bonchev–Trinajstić information content (AvgIpc) is 3.54. The van der Waals surface area contributed by atoms with Crippen molar-refractivity contribution in [2.75, 3.05) is 31.1 Å². The molecule has 1 saturated heterocycles. The fourth-order valence-corrected chi connectivity index (χ4v) is 6.96. The van der Waals surface area contributed by atoms with Crippen LogP contribution in [0, 0.1) is 6.92 Å². The molecule has 0 radical (unpaired) electrons. The zero-order valence-electron chi connectivity index (χ0n) is 26.7. The van der Waals surface area contributed by atoms with Crippen LogP contribution in [0.25, 0.3) is 0 Å². The van der Waals surface area contributed by atoms with Crippen molar-refractivity contribution in [3.63, 3.8) is 0 Å². The van der Waals surface area contributed by atoms with Gasteiger partial charge >= 0.3 is 6.09 Å². The highest BCUT2D eigenvalue weighted by Gasteiger charge is 2.29. The topological polar surface area (TPSA) is 75.5 Å². The van der Waals surface area contributed by atoms with Crippen molar-refractivity contribution < 1.29 is 9.53 Å². The summed E-state index contributed by atoms with van der Waals surface area (Å²) in [5, 5.41) is 13.4. The van der Waals surface area contributed by atoms with Crippen LogP contribution in [0.3, 0.4) is 0 Å². The Balaban J connectivity index is 1.18. The number of piperazine rings is 1. The fraction of sp³-hybridized carbons (Fsp3) is 0.432. The van der Waals surface area contributed by atoms with E-state index >= 15 is 0 Å². The summed E-state index contributed by atoms with van der Waals surface area (Å²) in [6, 6.07) is 26.4. The highest BCUT2D eigenvalue weighted by molar-refractivity contribution is 6.30. The van der Waals surface area contributed by atoms with E-state index in [0.717, 1.165) is 74.7 Å². The number of aromatic nitrogens is 3. The number of aryl methyl sites for hydroxylation is 1. The second-order valence-electron chi connectivity index (χ2n) is 12.7. The molecule has 1 aliphatic heterocycles. The van der Waals surface area contributed by atoms with Gasteiger partial charge in [-0.25, -0.2) is 9.48 Å². The number of hydrogen-bond acceptors (Lipinski definition) is 6. The Morgan fingerprint density at radius 1 is 0.913 bits per heavy atom. The van der Waals surface area contributed by atoms with Gasteiger partial charge in [-0.1, -0.05) is 90.0 Å². The van der Waals surface area contributed by atoms with Gasteiger partial charge in [0.15, 0.2) is 0 Å². The van der Waals surface area contributed by atoms with Gasteiger partial charge in [0.05, 0.1) is 24.0 Å². The maximum atomic E-state index is 13.3. The van der Waals surface area contributed by atoms with Crippen LogP contribution in [0.2, 0.25) is 5.02 Å². The minimum atomic E-state index is -0.348. The normalized spacial score (nSPS) is 17.4. The van der Waals surface area contributed by atoms with E-state index in [0.29, 0.717) is 12.8 Å². The van der Waals surface area contributed by atoms with Crippen LogP contribution in [-0.4, -0.2) is 64.3 Å². The van der Waals surface area contributed by atoms with Gasteiger partial charge in [0, 0.05) is 43.4 Å². The standard InChI is InChI=1S/C37H45ClN6O2/c1-28-17-18-31(38)25-35(28)43-21-19-42(20-22-43)26-32-27-44(41-40-32)36(24-30-13-7-3-8-14-30)34(23-29-11-5-2-6-12-29)39-37(45)46-33-15-9-4-10-16-33/h2-3,5-8,11-14,17-18,25,27,33-34,36H,4,9-10,15-16,19-24,26H2,1H3,(H,39,45)/t34-,36-/m0/s1. The van der Waals surface area contributed by atoms with E-state index < -0.39 is 0 Å². The number of anilines is 1. The first-order valence-corrected chi connectivity index (χ1v) is 17.1. The molecule has 2 atom stereocenters. The van der Waals surface area contributed by atoms with E-state index in [-0.39, 0.29) is 24.3 Å². The van der Waals surface area contributed by atoms with Crippen molar-refractivity contribution in [2.45, 2.75) is 76.6 Å². The first-order valence-electron chi connectivity index (χ1n) is 16.7. The molecule has 9 heteroatoms. The molecule has 1 saturated carbocycles. The minimum absolute atomic E-state index is 0.0140. The van der Waals surface area contributed by atoms with Crippen molar-refractivity contribution in [3.8, 4) is 0 Å². The lowest BCUT2D eigenvalue weighted by molar-refractivity contribution is 0.0705. The van der Waals surface area contributed by atoms with Crippen molar-refractivity contribution in [1.82, 2.24) is 25.2 Å². The average molecular weight is 641 g/mol. The lowest BCUT2D eigenvalue weighted by Gasteiger charge is -2.36. The van der Waals surface area contributed by atoms with Crippen LogP contribution in [0.5, 0.6) is 0 Å². The number of carbonyl (C=O) groups is 1. The van der Waals surface area contributed by atoms with Crippen LogP contribution in [0.4, 0.5) is 10.5 Å². The summed E-state index contributed by atoms with van der Waals surface area (Å²) in [7, 11) is 0. The summed E-state index contributed by atoms with van der Waals surface area (Å²) in [6.45, 7) is 6.57. The molecule has 2 aliphatic rings.